The second-order valence-electron chi connectivity index (χ2n) is 10.5. The minimum absolute atomic E-state index is 0.102. The first kappa shape index (κ1) is 26.2. The fourth-order valence-electron chi connectivity index (χ4n) is 4.93. The average Bonchev–Trinajstić information content (AvgIpc) is 3.44. The van der Waals surface area contributed by atoms with E-state index in [1.54, 1.807) is 4.90 Å². The van der Waals surface area contributed by atoms with Crippen LogP contribution in [0.1, 0.15) is 38.3 Å². The van der Waals surface area contributed by atoms with Gasteiger partial charge in [0, 0.05) is 23.5 Å². The van der Waals surface area contributed by atoms with Crippen LogP contribution in [0.25, 0.3) is 0 Å². The van der Waals surface area contributed by atoms with Gasteiger partial charge in [-0.15, -0.1) is 0 Å². The van der Waals surface area contributed by atoms with Crippen LogP contribution in [-0.2, 0) is 27.1 Å². The average molecular weight is 557 g/mol. The largest absolute Gasteiger partial charge is 0.447 e. The molecule has 7 nitrogen and oxygen atoms in total. The predicted molar refractivity (Wildman–Crippen MR) is 139 cm³/mol. The molecule has 2 aromatic carbocycles. The summed E-state index contributed by atoms with van der Waals surface area (Å²) in [5.74, 6) is -0.820. The van der Waals surface area contributed by atoms with E-state index in [-0.39, 0.29) is 30.6 Å². The highest BCUT2D eigenvalue weighted by molar-refractivity contribution is 9.10. The van der Waals surface area contributed by atoms with Crippen molar-refractivity contribution in [2.75, 3.05) is 19.7 Å². The second kappa shape index (κ2) is 11.0. The predicted octanol–water partition coefficient (Wildman–Crippen LogP) is 5.45. The second-order valence-corrected chi connectivity index (χ2v) is 11.5. The number of amides is 3. The molecule has 2 aliphatic rings. The van der Waals surface area contributed by atoms with Crippen molar-refractivity contribution in [1.29, 1.82) is 0 Å². The smallest absolute Gasteiger partial charge is 0.416 e. The minimum atomic E-state index is -0.595. The van der Waals surface area contributed by atoms with Crippen molar-refractivity contribution >= 4 is 34.0 Å². The number of rotatable bonds is 6. The van der Waals surface area contributed by atoms with Crippen LogP contribution in [0.5, 0.6) is 0 Å². The van der Waals surface area contributed by atoms with Gasteiger partial charge in [0.25, 0.3) is 0 Å². The van der Waals surface area contributed by atoms with Crippen molar-refractivity contribution in [3.63, 3.8) is 0 Å². The normalized spacial score (nSPS) is 20.8. The zero-order chi connectivity index (χ0) is 25.9. The Kier molecular flexibility index (Phi) is 8.03. The lowest BCUT2D eigenvalue weighted by Gasteiger charge is -2.29. The van der Waals surface area contributed by atoms with Gasteiger partial charge in [0.1, 0.15) is 12.2 Å². The number of carbonyl (C=O) groups is 3. The van der Waals surface area contributed by atoms with Crippen molar-refractivity contribution in [1.82, 2.24) is 9.80 Å². The van der Waals surface area contributed by atoms with E-state index >= 15 is 0 Å². The summed E-state index contributed by atoms with van der Waals surface area (Å²) in [7, 11) is 0. The highest BCUT2D eigenvalue weighted by Crippen LogP contribution is 2.32. The number of benzene rings is 2. The minimum Gasteiger partial charge on any atom is -0.447 e. The molecule has 0 aromatic heterocycles. The monoisotopic (exact) mass is 556 g/mol. The first-order valence-corrected chi connectivity index (χ1v) is 13.2. The maximum absolute atomic E-state index is 14.0. The maximum Gasteiger partial charge on any atom is 0.416 e. The van der Waals surface area contributed by atoms with Crippen molar-refractivity contribution in [3.05, 3.63) is 70.2 Å². The summed E-state index contributed by atoms with van der Waals surface area (Å²) in [5, 5.41) is 0. The molecule has 192 valence electrons. The van der Waals surface area contributed by atoms with Crippen LogP contribution in [-0.4, -0.2) is 59.2 Å². The molecule has 0 spiro atoms. The van der Waals surface area contributed by atoms with Gasteiger partial charge in [-0.1, -0.05) is 58.4 Å². The molecule has 3 amide bonds. The topological polar surface area (TPSA) is 76.2 Å². The SMILES string of the molecule is CC(C)(C)OC(=O)N1CC[C@@H]([C@@H](Cc2cccc(Br)c2)C(=O)N2C(=O)OC[C@H]2Cc2ccccc2)C1. The van der Waals surface area contributed by atoms with Gasteiger partial charge in [-0.2, -0.15) is 0 Å². The lowest BCUT2D eigenvalue weighted by atomic mass is 9.84. The molecule has 0 aliphatic carbocycles. The van der Waals surface area contributed by atoms with Gasteiger partial charge >= 0.3 is 12.2 Å². The molecule has 2 fully saturated rings. The quantitative estimate of drug-likeness (QED) is 0.472. The van der Waals surface area contributed by atoms with Crippen LogP contribution >= 0.6 is 15.9 Å². The molecule has 0 N–H and O–H groups in total. The van der Waals surface area contributed by atoms with Crippen LogP contribution in [0.15, 0.2) is 59.1 Å². The number of imide groups is 1. The molecule has 2 aromatic rings. The van der Waals surface area contributed by atoms with E-state index < -0.39 is 17.6 Å². The van der Waals surface area contributed by atoms with Crippen LogP contribution in [0.2, 0.25) is 0 Å². The number of nitrogens with zero attached hydrogens (tertiary/aromatic N) is 2. The van der Waals surface area contributed by atoms with Gasteiger partial charge in [-0.3, -0.25) is 4.79 Å². The third-order valence-electron chi connectivity index (χ3n) is 6.62. The lowest BCUT2D eigenvalue weighted by Crippen LogP contribution is -2.46. The van der Waals surface area contributed by atoms with Gasteiger partial charge in [0.2, 0.25) is 5.91 Å². The molecule has 36 heavy (non-hydrogen) atoms. The fraction of sp³-hybridized carbons (Fsp3) is 0.464. The molecule has 0 bridgehead atoms. The van der Waals surface area contributed by atoms with E-state index in [2.05, 4.69) is 15.9 Å². The summed E-state index contributed by atoms with van der Waals surface area (Å²) in [5.41, 5.74) is 1.44. The number of cyclic esters (lactones) is 1. The van der Waals surface area contributed by atoms with E-state index in [1.807, 2.05) is 75.4 Å². The molecule has 4 rings (SSSR count). The molecule has 2 aliphatic heterocycles. The molecule has 2 saturated heterocycles. The van der Waals surface area contributed by atoms with Gasteiger partial charge < -0.3 is 14.4 Å². The summed E-state index contributed by atoms with van der Waals surface area (Å²) in [6.07, 6.45) is 0.697. The van der Waals surface area contributed by atoms with Crippen molar-refractivity contribution in [3.8, 4) is 0 Å². The molecular weight excluding hydrogens is 524 g/mol. The number of halogens is 1. The number of hydrogen-bond donors (Lipinski definition) is 0. The Morgan fingerprint density at radius 1 is 1.11 bits per heavy atom. The van der Waals surface area contributed by atoms with Crippen LogP contribution < -0.4 is 0 Å². The Morgan fingerprint density at radius 2 is 1.83 bits per heavy atom. The highest BCUT2D eigenvalue weighted by atomic mass is 79.9. The van der Waals surface area contributed by atoms with Gasteiger partial charge in [-0.25, -0.2) is 14.5 Å². The Hall–Kier alpha value is -2.87. The summed E-state index contributed by atoms with van der Waals surface area (Å²) in [6, 6.07) is 17.3. The van der Waals surface area contributed by atoms with E-state index in [1.165, 1.54) is 4.90 Å². The Balaban J connectivity index is 1.56. The summed E-state index contributed by atoms with van der Waals surface area (Å²) < 4.78 is 11.8. The molecule has 2 heterocycles. The Morgan fingerprint density at radius 3 is 2.53 bits per heavy atom. The molecule has 0 unspecified atom stereocenters. The third-order valence-corrected chi connectivity index (χ3v) is 7.11. The van der Waals surface area contributed by atoms with Crippen LogP contribution in [0.4, 0.5) is 9.59 Å². The Bertz CT molecular complexity index is 1100. The van der Waals surface area contributed by atoms with Gasteiger partial charge in [0.15, 0.2) is 0 Å². The number of ether oxygens (including phenoxy) is 2. The van der Waals surface area contributed by atoms with Crippen molar-refractivity contribution < 1.29 is 23.9 Å². The number of likely N-dealkylation sites (tertiary alicyclic amines) is 1. The lowest BCUT2D eigenvalue weighted by molar-refractivity contribution is -0.135. The van der Waals surface area contributed by atoms with E-state index in [9.17, 15) is 14.4 Å². The molecule has 0 saturated carbocycles. The molecular formula is C28H33BrN2O5. The molecule has 0 radical (unpaired) electrons. The van der Waals surface area contributed by atoms with E-state index in [0.29, 0.717) is 32.4 Å². The molecule has 8 heteroatoms. The first-order valence-electron chi connectivity index (χ1n) is 12.4. The highest BCUT2D eigenvalue weighted by Gasteiger charge is 2.45. The first-order chi connectivity index (χ1) is 17.1. The van der Waals surface area contributed by atoms with Crippen LogP contribution in [0.3, 0.4) is 0 Å². The zero-order valence-corrected chi connectivity index (χ0v) is 22.6. The number of carbonyl (C=O) groups excluding carboxylic acids is 3. The fourth-order valence-corrected chi connectivity index (χ4v) is 5.37. The van der Waals surface area contributed by atoms with Gasteiger partial charge in [-0.05, 0) is 69.2 Å². The van der Waals surface area contributed by atoms with E-state index in [0.717, 1.165) is 15.6 Å². The van der Waals surface area contributed by atoms with Gasteiger partial charge in [0.05, 0.1) is 6.04 Å². The summed E-state index contributed by atoms with van der Waals surface area (Å²) >= 11 is 3.51. The van der Waals surface area contributed by atoms with E-state index in [4.69, 9.17) is 9.47 Å². The molecule has 3 atom stereocenters. The van der Waals surface area contributed by atoms with Crippen LogP contribution in [0, 0.1) is 11.8 Å². The summed E-state index contributed by atoms with van der Waals surface area (Å²) in [4.78, 5) is 42.5. The Labute approximate surface area is 220 Å². The van der Waals surface area contributed by atoms with Crippen molar-refractivity contribution in [2.24, 2.45) is 11.8 Å². The standard InChI is InChI=1S/C28H33BrN2O5/c1-28(2,3)36-26(33)30-13-12-21(17-30)24(16-20-10-7-11-22(29)14-20)25(32)31-23(18-35-27(31)34)15-19-8-5-4-6-9-19/h4-11,14,21,23-24H,12-13,15-18H2,1-3H3/t21-,23-,24-/m1/s1. The van der Waals surface area contributed by atoms with Crippen molar-refractivity contribution in [2.45, 2.75) is 51.7 Å². The number of hydrogen-bond acceptors (Lipinski definition) is 5. The summed E-state index contributed by atoms with van der Waals surface area (Å²) in [6.45, 7) is 6.61. The third kappa shape index (κ3) is 6.46. The zero-order valence-electron chi connectivity index (χ0n) is 21.0. The maximum atomic E-state index is 14.0.